The smallest absolute Gasteiger partial charge is 0.265 e. The largest absolute Gasteiger partial charge is 0.354 e. The van der Waals surface area contributed by atoms with E-state index >= 15 is 0 Å². The van der Waals surface area contributed by atoms with Gasteiger partial charge in [0.15, 0.2) is 0 Å². The number of nitrogens with one attached hydrogen (secondary N) is 1. The van der Waals surface area contributed by atoms with Crippen LogP contribution in [0.3, 0.4) is 0 Å². The van der Waals surface area contributed by atoms with Crippen LogP contribution < -0.4 is 9.62 Å². The topological polar surface area (TPSA) is 86.8 Å². The Labute approximate surface area is 233 Å². The van der Waals surface area contributed by atoms with Crippen molar-refractivity contribution in [1.82, 2.24) is 10.2 Å². The fraction of sp³-hybridized carbons (Fsp3) is 0.357. The van der Waals surface area contributed by atoms with Crippen LogP contribution in [-0.4, -0.2) is 44.3 Å². The maximum atomic E-state index is 13.4. The Bertz CT molecular complexity index is 1470. The van der Waals surface area contributed by atoms with Crippen LogP contribution >= 0.6 is 23.2 Å². The molecule has 1 atom stereocenters. The fourth-order valence-electron chi connectivity index (χ4n) is 4.59. The number of sulfonamides is 1. The van der Waals surface area contributed by atoms with Crippen molar-refractivity contribution in [1.29, 1.82) is 0 Å². The minimum absolute atomic E-state index is 0.0709. The number of benzene rings is 3. The lowest BCUT2D eigenvalue weighted by Gasteiger charge is -2.29. The summed E-state index contributed by atoms with van der Waals surface area (Å²) in [5, 5.41) is 5.22. The van der Waals surface area contributed by atoms with Gasteiger partial charge in [0, 0.05) is 31.4 Å². The van der Waals surface area contributed by atoms with Gasteiger partial charge in [-0.15, -0.1) is 0 Å². The standard InChI is InChI=1S/C28H31Cl2N3O4S/c1-18(2)16-31-28(35)19(3)32(17-20-12-13-22(29)23(30)15-20)26(34)11-6-14-33-24-9-4-7-21-8-5-10-25(27(21)24)38(33,36)37/h4-5,7-10,12-13,15,18-19H,6,11,14,16-17H2,1-3H3,(H,31,35)/t19-/m0/s1. The lowest BCUT2D eigenvalue weighted by Crippen LogP contribution is -2.48. The second-order valence-corrected chi connectivity index (χ2v) is 12.5. The molecule has 1 aliphatic heterocycles. The van der Waals surface area contributed by atoms with Crippen LogP contribution in [0.5, 0.6) is 0 Å². The molecule has 202 valence electrons. The predicted molar refractivity (Wildman–Crippen MR) is 152 cm³/mol. The van der Waals surface area contributed by atoms with Crippen molar-refractivity contribution in [3.05, 3.63) is 70.2 Å². The second kappa shape index (κ2) is 11.5. The van der Waals surface area contributed by atoms with Crippen LogP contribution in [0.1, 0.15) is 39.2 Å². The Kier molecular flexibility index (Phi) is 8.55. The quantitative estimate of drug-likeness (QED) is 0.339. The number of nitrogens with zero attached hydrogens (tertiary/aromatic N) is 2. The Morgan fingerprint density at radius 1 is 1.00 bits per heavy atom. The molecule has 0 unspecified atom stereocenters. The van der Waals surface area contributed by atoms with Crippen LogP contribution in [0.25, 0.3) is 10.8 Å². The highest BCUT2D eigenvalue weighted by Gasteiger charge is 2.35. The van der Waals surface area contributed by atoms with Crippen LogP contribution in [0, 0.1) is 5.92 Å². The number of amides is 2. The first-order valence-electron chi connectivity index (χ1n) is 12.6. The summed E-state index contributed by atoms with van der Waals surface area (Å²) in [7, 11) is -3.70. The van der Waals surface area contributed by atoms with Gasteiger partial charge in [-0.05, 0) is 54.5 Å². The minimum Gasteiger partial charge on any atom is -0.354 e. The molecule has 1 aliphatic rings. The molecule has 0 aliphatic carbocycles. The summed E-state index contributed by atoms with van der Waals surface area (Å²) in [5.41, 5.74) is 1.36. The molecule has 4 rings (SSSR count). The summed E-state index contributed by atoms with van der Waals surface area (Å²) >= 11 is 12.2. The number of hydrogen-bond donors (Lipinski definition) is 1. The maximum absolute atomic E-state index is 13.4. The van der Waals surface area contributed by atoms with E-state index in [0.717, 1.165) is 10.9 Å². The summed E-state index contributed by atoms with van der Waals surface area (Å²) in [5.74, 6) is -0.242. The molecule has 0 bridgehead atoms. The van der Waals surface area contributed by atoms with Crippen LogP contribution in [-0.2, 0) is 26.2 Å². The van der Waals surface area contributed by atoms with Crippen molar-refractivity contribution in [3.8, 4) is 0 Å². The molecular formula is C28H31Cl2N3O4S. The van der Waals surface area contributed by atoms with Gasteiger partial charge < -0.3 is 10.2 Å². The summed E-state index contributed by atoms with van der Waals surface area (Å²) < 4.78 is 27.9. The van der Waals surface area contributed by atoms with Crippen molar-refractivity contribution >= 4 is 61.5 Å². The lowest BCUT2D eigenvalue weighted by atomic mass is 10.1. The summed E-state index contributed by atoms with van der Waals surface area (Å²) in [6.45, 7) is 6.49. The first-order chi connectivity index (χ1) is 18.0. The lowest BCUT2D eigenvalue weighted by molar-refractivity contribution is -0.140. The van der Waals surface area contributed by atoms with Crippen LogP contribution in [0.4, 0.5) is 5.69 Å². The van der Waals surface area contributed by atoms with Crippen LogP contribution in [0.15, 0.2) is 59.5 Å². The molecule has 0 radical (unpaired) electrons. The van der Waals surface area contributed by atoms with Gasteiger partial charge in [-0.25, -0.2) is 8.42 Å². The van der Waals surface area contributed by atoms with Crippen molar-refractivity contribution < 1.29 is 18.0 Å². The number of anilines is 1. The highest BCUT2D eigenvalue weighted by Crippen LogP contribution is 2.42. The number of carbonyl (C=O) groups is 2. The third-order valence-electron chi connectivity index (χ3n) is 6.62. The molecule has 0 saturated heterocycles. The Balaban J connectivity index is 1.50. The Hall–Kier alpha value is -2.81. The summed E-state index contributed by atoms with van der Waals surface area (Å²) in [4.78, 5) is 28.1. The molecule has 3 aromatic rings. The fourth-order valence-corrected chi connectivity index (χ4v) is 6.66. The van der Waals surface area contributed by atoms with Gasteiger partial charge in [0.05, 0.1) is 20.6 Å². The first kappa shape index (κ1) is 28.2. The molecule has 0 spiro atoms. The van der Waals surface area contributed by atoms with Gasteiger partial charge >= 0.3 is 0 Å². The Morgan fingerprint density at radius 3 is 2.39 bits per heavy atom. The van der Waals surface area contributed by atoms with E-state index in [1.165, 1.54) is 9.21 Å². The highest BCUT2D eigenvalue weighted by molar-refractivity contribution is 7.93. The molecule has 38 heavy (non-hydrogen) atoms. The third kappa shape index (κ3) is 5.77. The average Bonchev–Trinajstić information content (AvgIpc) is 3.10. The molecular weight excluding hydrogens is 545 g/mol. The zero-order chi connectivity index (χ0) is 27.6. The molecule has 0 aromatic heterocycles. The zero-order valence-electron chi connectivity index (χ0n) is 21.6. The summed E-state index contributed by atoms with van der Waals surface area (Å²) in [6.07, 6.45) is 0.363. The van der Waals surface area contributed by atoms with E-state index in [0.29, 0.717) is 34.1 Å². The van der Waals surface area contributed by atoms with Gasteiger partial charge in [0.1, 0.15) is 6.04 Å². The van der Waals surface area contributed by atoms with Gasteiger partial charge in [-0.2, -0.15) is 0 Å². The zero-order valence-corrected chi connectivity index (χ0v) is 23.9. The van der Waals surface area contributed by atoms with Crippen molar-refractivity contribution in [3.63, 3.8) is 0 Å². The van der Waals surface area contributed by atoms with E-state index in [2.05, 4.69) is 5.32 Å². The number of carbonyl (C=O) groups excluding carboxylic acids is 2. The molecule has 7 nitrogen and oxygen atoms in total. The highest BCUT2D eigenvalue weighted by atomic mass is 35.5. The second-order valence-electron chi connectivity index (χ2n) is 9.90. The molecule has 1 N–H and O–H groups in total. The van der Waals surface area contributed by atoms with Gasteiger partial charge in [0.2, 0.25) is 11.8 Å². The first-order valence-corrected chi connectivity index (χ1v) is 14.8. The number of rotatable bonds is 10. The van der Waals surface area contributed by atoms with E-state index in [1.54, 1.807) is 43.3 Å². The monoisotopic (exact) mass is 575 g/mol. The number of halogens is 2. The van der Waals surface area contributed by atoms with Crippen molar-refractivity contribution in [2.75, 3.05) is 17.4 Å². The molecule has 0 saturated carbocycles. The van der Waals surface area contributed by atoms with Gasteiger partial charge in [-0.1, -0.05) is 67.4 Å². The van der Waals surface area contributed by atoms with E-state index in [-0.39, 0.29) is 42.1 Å². The molecule has 10 heteroatoms. The minimum atomic E-state index is -3.70. The van der Waals surface area contributed by atoms with E-state index in [1.807, 2.05) is 32.0 Å². The average molecular weight is 577 g/mol. The van der Waals surface area contributed by atoms with E-state index in [9.17, 15) is 18.0 Å². The molecule has 3 aromatic carbocycles. The van der Waals surface area contributed by atoms with Crippen molar-refractivity contribution in [2.45, 2.75) is 51.1 Å². The maximum Gasteiger partial charge on any atom is 0.265 e. The van der Waals surface area contributed by atoms with E-state index < -0.39 is 16.1 Å². The molecule has 1 heterocycles. The Morgan fingerprint density at radius 2 is 1.71 bits per heavy atom. The van der Waals surface area contributed by atoms with Gasteiger partial charge in [-0.3, -0.25) is 13.9 Å². The third-order valence-corrected chi connectivity index (χ3v) is 9.22. The van der Waals surface area contributed by atoms with Crippen molar-refractivity contribution in [2.24, 2.45) is 5.92 Å². The van der Waals surface area contributed by atoms with Gasteiger partial charge in [0.25, 0.3) is 10.0 Å². The van der Waals surface area contributed by atoms with Crippen LogP contribution in [0.2, 0.25) is 10.0 Å². The number of hydrogen-bond acceptors (Lipinski definition) is 4. The van der Waals surface area contributed by atoms with E-state index in [4.69, 9.17) is 23.2 Å². The molecule has 0 fully saturated rings. The summed E-state index contributed by atoms with van der Waals surface area (Å²) in [6, 6.07) is 15.1. The predicted octanol–water partition coefficient (Wildman–Crippen LogP) is 5.63. The molecule has 2 amide bonds. The normalized spacial score (nSPS) is 14.6. The SMILES string of the molecule is CC(C)CNC(=O)[C@H](C)N(Cc1ccc(Cl)c(Cl)c1)C(=O)CCCN1c2cccc3cccc(c23)S1(=O)=O.